The van der Waals surface area contributed by atoms with Crippen LogP contribution in [0.1, 0.15) is 45.8 Å². The van der Waals surface area contributed by atoms with Gasteiger partial charge in [0.2, 0.25) is 0 Å². The molecule has 4 rings (SSSR count). The molecule has 1 amide bonds. The van der Waals surface area contributed by atoms with Crippen molar-refractivity contribution in [2.45, 2.75) is 51.4 Å². The van der Waals surface area contributed by atoms with Crippen LogP contribution in [0.3, 0.4) is 0 Å². The summed E-state index contributed by atoms with van der Waals surface area (Å²) in [6, 6.07) is 29.1. The third-order valence-electron chi connectivity index (χ3n) is 6.11. The highest BCUT2D eigenvalue weighted by molar-refractivity contribution is 6.13. The van der Waals surface area contributed by atoms with Gasteiger partial charge >= 0.3 is 6.09 Å². The molecule has 0 unspecified atom stereocenters. The Kier molecular flexibility index (Phi) is 6.96. The van der Waals surface area contributed by atoms with Gasteiger partial charge in [-0.1, -0.05) is 91.0 Å². The molecule has 1 aliphatic rings. The first kappa shape index (κ1) is 23.3. The first-order valence-electron chi connectivity index (χ1n) is 12.5. The van der Waals surface area contributed by atoms with Crippen molar-refractivity contribution >= 4 is 11.8 Å². The number of ether oxygens (including phenoxy) is 2. The van der Waals surface area contributed by atoms with Gasteiger partial charge < -0.3 is 9.47 Å². The summed E-state index contributed by atoms with van der Waals surface area (Å²) in [5.41, 5.74) is 2.29. The lowest BCUT2D eigenvalue weighted by Gasteiger charge is -2.36. The molecule has 0 aliphatic carbocycles. The zero-order valence-electron chi connectivity index (χ0n) is 21.8. The van der Waals surface area contributed by atoms with Crippen LogP contribution in [0.25, 0.3) is 0 Å². The van der Waals surface area contributed by atoms with Gasteiger partial charge in [-0.15, -0.1) is 0 Å². The third kappa shape index (κ3) is 5.98. The van der Waals surface area contributed by atoms with Crippen LogP contribution in [-0.4, -0.2) is 47.2 Å². The van der Waals surface area contributed by atoms with E-state index in [2.05, 4.69) is 0 Å². The molecule has 5 nitrogen and oxygen atoms in total. The van der Waals surface area contributed by atoms with E-state index in [9.17, 15) is 4.79 Å². The second-order valence-corrected chi connectivity index (χ2v) is 9.87. The van der Waals surface area contributed by atoms with E-state index in [1.807, 2.05) is 119 Å². The summed E-state index contributed by atoms with van der Waals surface area (Å²) >= 11 is 0. The molecule has 3 aromatic carbocycles. The molecular formula is C30H34N2O3. The number of carbonyl (C=O) groups excluding carboxylic acids is 1. The summed E-state index contributed by atoms with van der Waals surface area (Å²) in [6.07, 6.45) is -0.119. The zero-order valence-corrected chi connectivity index (χ0v) is 20.8. The fourth-order valence-corrected chi connectivity index (χ4v) is 4.52. The van der Waals surface area contributed by atoms with E-state index >= 15 is 0 Å². The van der Waals surface area contributed by atoms with Crippen LogP contribution in [0.2, 0.25) is 0 Å². The van der Waals surface area contributed by atoms with E-state index in [0.29, 0.717) is 13.0 Å². The first-order valence-corrected chi connectivity index (χ1v) is 12.0. The van der Waals surface area contributed by atoms with Crippen LogP contribution >= 0.6 is 0 Å². The van der Waals surface area contributed by atoms with Gasteiger partial charge in [0, 0.05) is 11.1 Å². The maximum Gasteiger partial charge on any atom is 0.412 e. The van der Waals surface area contributed by atoms with Gasteiger partial charge in [0.15, 0.2) is 0 Å². The Labute approximate surface area is 209 Å². The molecule has 0 aromatic heterocycles. The van der Waals surface area contributed by atoms with Crippen LogP contribution in [0, 0.1) is 0 Å². The second-order valence-electron chi connectivity index (χ2n) is 9.87. The molecule has 0 spiro atoms. The van der Waals surface area contributed by atoms with Gasteiger partial charge in [-0.05, 0) is 39.7 Å². The molecular weight excluding hydrogens is 436 g/mol. The summed E-state index contributed by atoms with van der Waals surface area (Å²) < 4.78 is 20.6. The number of benzene rings is 3. The Morgan fingerprint density at radius 3 is 1.94 bits per heavy atom. The molecule has 1 saturated heterocycles. The molecule has 0 N–H and O–H groups in total. The minimum Gasteiger partial charge on any atom is -0.447 e. The van der Waals surface area contributed by atoms with Gasteiger partial charge in [0.05, 0.1) is 25.3 Å². The van der Waals surface area contributed by atoms with Crippen LogP contribution in [-0.2, 0) is 15.9 Å². The number of amides is 1. The van der Waals surface area contributed by atoms with Crippen LogP contribution in [0.4, 0.5) is 4.79 Å². The standard InChI is InChI=1S/C30H34N2O3/c1-29(2)22-35-30(3,4)32(29)28(33)34-21-26(20-23-14-8-5-9-15-23)31-27(24-16-10-6-11-17-24)25-18-12-7-13-19-25/h5-19,26H,20-22H2,1-4H3/t26-/m1/s1/i21D/t21-,26+/m0. The lowest BCUT2D eigenvalue weighted by atomic mass is 10.0. The molecule has 1 heterocycles. The molecule has 1 aliphatic heterocycles. The van der Waals surface area contributed by atoms with Crippen molar-refractivity contribution in [1.82, 2.24) is 4.90 Å². The first-order chi connectivity index (χ1) is 17.2. The molecule has 182 valence electrons. The van der Waals surface area contributed by atoms with Crippen molar-refractivity contribution in [3.63, 3.8) is 0 Å². The zero-order chi connectivity index (χ0) is 25.8. The van der Waals surface area contributed by atoms with E-state index in [-0.39, 0.29) is 0 Å². The normalized spacial score (nSPS) is 18.3. The Balaban J connectivity index is 1.70. The Morgan fingerprint density at radius 2 is 1.46 bits per heavy atom. The van der Waals surface area contributed by atoms with Gasteiger partial charge in [0.25, 0.3) is 0 Å². The summed E-state index contributed by atoms with van der Waals surface area (Å²) in [6.45, 7) is 6.73. The number of hydrogen-bond acceptors (Lipinski definition) is 4. The highest BCUT2D eigenvalue weighted by Crippen LogP contribution is 2.35. The largest absolute Gasteiger partial charge is 0.447 e. The fraction of sp³-hybridized carbons (Fsp3) is 0.333. The minimum atomic E-state index is -1.22. The SMILES string of the molecule is [2H][C@H](OC(=O)N1C(C)(C)COC1(C)C)[C@@H](Cc1ccccc1)N=C(c1ccccc1)c1ccccc1. The van der Waals surface area contributed by atoms with E-state index in [1.165, 1.54) is 0 Å². The number of carbonyl (C=O) groups is 1. The van der Waals surface area contributed by atoms with Crippen molar-refractivity contribution in [2.24, 2.45) is 4.99 Å². The molecule has 0 saturated carbocycles. The molecule has 1 fully saturated rings. The van der Waals surface area contributed by atoms with Crippen LogP contribution in [0.15, 0.2) is 96.0 Å². The Morgan fingerprint density at radius 1 is 0.943 bits per heavy atom. The maximum absolute atomic E-state index is 13.3. The summed E-state index contributed by atoms with van der Waals surface area (Å²) in [5.74, 6) is 0. The predicted molar refractivity (Wildman–Crippen MR) is 140 cm³/mol. The number of hydrogen-bond donors (Lipinski definition) is 0. The van der Waals surface area contributed by atoms with Crippen molar-refractivity contribution < 1.29 is 15.6 Å². The average molecular weight is 472 g/mol. The smallest absolute Gasteiger partial charge is 0.412 e. The molecule has 0 bridgehead atoms. The van der Waals surface area contributed by atoms with Crippen LogP contribution < -0.4 is 0 Å². The molecule has 2 atom stereocenters. The minimum absolute atomic E-state index is 0.398. The quantitative estimate of drug-likeness (QED) is 0.390. The lowest BCUT2D eigenvalue weighted by molar-refractivity contribution is -0.0523. The highest BCUT2D eigenvalue weighted by Gasteiger charge is 2.49. The van der Waals surface area contributed by atoms with Crippen molar-refractivity contribution in [1.29, 1.82) is 0 Å². The van der Waals surface area contributed by atoms with Gasteiger partial charge in [-0.2, -0.15) is 0 Å². The van der Waals surface area contributed by atoms with E-state index in [4.69, 9.17) is 15.8 Å². The topological polar surface area (TPSA) is 51.1 Å². The van der Waals surface area contributed by atoms with Gasteiger partial charge in [-0.25, -0.2) is 4.79 Å². The number of aliphatic imine (C=N–C) groups is 1. The third-order valence-corrected chi connectivity index (χ3v) is 6.11. The average Bonchev–Trinajstić information content (AvgIpc) is 3.10. The summed E-state index contributed by atoms with van der Waals surface area (Å²) in [5, 5.41) is 0. The number of rotatable bonds is 7. The monoisotopic (exact) mass is 471 g/mol. The number of nitrogens with zero attached hydrogens (tertiary/aromatic N) is 2. The van der Waals surface area contributed by atoms with Crippen molar-refractivity contribution in [3.05, 3.63) is 108 Å². The summed E-state index contributed by atoms with van der Waals surface area (Å²) in [7, 11) is 0. The Bertz CT molecular complexity index is 1120. The second kappa shape index (κ2) is 10.4. The molecule has 0 radical (unpaired) electrons. The molecule has 5 heteroatoms. The predicted octanol–water partition coefficient (Wildman–Crippen LogP) is 6.12. The Hall–Kier alpha value is -3.44. The maximum atomic E-state index is 13.3. The van der Waals surface area contributed by atoms with E-state index in [1.54, 1.807) is 4.90 Å². The molecule has 35 heavy (non-hydrogen) atoms. The van der Waals surface area contributed by atoms with Gasteiger partial charge in [-0.3, -0.25) is 9.89 Å². The summed E-state index contributed by atoms with van der Waals surface area (Å²) in [4.78, 5) is 20.0. The highest BCUT2D eigenvalue weighted by atomic mass is 16.6. The molecule has 3 aromatic rings. The van der Waals surface area contributed by atoms with Gasteiger partial charge in [0.1, 0.15) is 12.3 Å². The van der Waals surface area contributed by atoms with E-state index in [0.717, 1.165) is 22.4 Å². The lowest BCUT2D eigenvalue weighted by Crippen LogP contribution is -2.53. The van der Waals surface area contributed by atoms with Crippen molar-refractivity contribution in [3.8, 4) is 0 Å². The van der Waals surface area contributed by atoms with Crippen molar-refractivity contribution in [2.75, 3.05) is 13.2 Å². The van der Waals surface area contributed by atoms with E-state index < -0.39 is 30.0 Å². The van der Waals surface area contributed by atoms with Crippen LogP contribution in [0.5, 0.6) is 0 Å². The fourth-order valence-electron chi connectivity index (χ4n) is 4.52.